The lowest BCUT2D eigenvalue weighted by molar-refractivity contribution is -0.131. The van der Waals surface area contributed by atoms with Gasteiger partial charge < -0.3 is 10.6 Å². The molecule has 0 fully saturated rings. The third kappa shape index (κ3) is 6.79. The molecule has 1 amide bonds. The van der Waals surface area contributed by atoms with Gasteiger partial charge in [-0.3, -0.25) is 4.79 Å². The highest BCUT2D eigenvalue weighted by molar-refractivity contribution is 7.98. The van der Waals surface area contributed by atoms with Gasteiger partial charge in [-0.2, -0.15) is 11.8 Å². The lowest BCUT2D eigenvalue weighted by Crippen LogP contribution is -2.36. The van der Waals surface area contributed by atoms with Crippen molar-refractivity contribution in [1.82, 2.24) is 4.90 Å². The van der Waals surface area contributed by atoms with Crippen molar-refractivity contribution in [1.29, 1.82) is 0 Å². The molecule has 0 saturated heterocycles. The Kier molecular flexibility index (Phi) is 8.91. The van der Waals surface area contributed by atoms with Crippen LogP contribution in [0.15, 0.2) is 0 Å². The molecule has 0 aliphatic rings. The van der Waals surface area contributed by atoms with Gasteiger partial charge >= 0.3 is 0 Å². The summed E-state index contributed by atoms with van der Waals surface area (Å²) in [4.78, 5) is 13.6. The number of hydrogen-bond donors (Lipinski definition) is 1. The molecule has 90 valence electrons. The topological polar surface area (TPSA) is 46.3 Å². The Bertz CT molecular complexity index is 176. The molecule has 1 unspecified atom stereocenters. The van der Waals surface area contributed by atoms with Crippen molar-refractivity contribution in [3.05, 3.63) is 0 Å². The highest BCUT2D eigenvalue weighted by Gasteiger charge is 2.14. The minimum absolute atomic E-state index is 0.258. The number of rotatable bonds is 8. The van der Waals surface area contributed by atoms with Crippen molar-refractivity contribution in [2.45, 2.75) is 38.6 Å². The molecule has 0 aromatic carbocycles. The van der Waals surface area contributed by atoms with Gasteiger partial charge in [0.15, 0.2) is 0 Å². The zero-order valence-electron chi connectivity index (χ0n) is 10.2. The van der Waals surface area contributed by atoms with E-state index >= 15 is 0 Å². The fourth-order valence-electron chi connectivity index (χ4n) is 1.37. The first kappa shape index (κ1) is 14.8. The zero-order chi connectivity index (χ0) is 11.7. The van der Waals surface area contributed by atoms with E-state index in [2.05, 4.69) is 13.2 Å². The number of unbranched alkanes of at least 4 members (excludes halogenated alkanes) is 2. The smallest absolute Gasteiger partial charge is 0.222 e. The maximum absolute atomic E-state index is 11.7. The summed E-state index contributed by atoms with van der Waals surface area (Å²) in [6.07, 6.45) is 5.78. The summed E-state index contributed by atoms with van der Waals surface area (Å²) in [5.41, 5.74) is 5.39. The second kappa shape index (κ2) is 9.04. The third-order valence-corrected chi connectivity index (χ3v) is 3.37. The van der Waals surface area contributed by atoms with Crippen LogP contribution >= 0.6 is 11.8 Å². The number of thioether (sulfide) groups is 1. The van der Waals surface area contributed by atoms with E-state index in [9.17, 15) is 4.79 Å². The first-order valence-electron chi connectivity index (χ1n) is 5.58. The van der Waals surface area contributed by atoms with Crippen LogP contribution in [0.4, 0.5) is 0 Å². The van der Waals surface area contributed by atoms with Crippen molar-refractivity contribution in [2.75, 3.05) is 25.6 Å². The SMILES string of the molecule is CSCC(C)N(C)C(=O)CCCCCN. The van der Waals surface area contributed by atoms with E-state index < -0.39 is 0 Å². The molecule has 0 rings (SSSR count). The van der Waals surface area contributed by atoms with Crippen LogP contribution in [0.1, 0.15) is 32.6 Å². The van der Waals surface area contributed by atoms with E-state index in [1.165, 1.54) is 0 Å². The molecule has 3 nitrogen and oxygen atoms in total. The average Bonchev–Trinajstić information content (AvgIpc) is 2.23. The van der Waals surface area contributed by atoms with Crippen molar-refractivity contribution >= 4 is 17.7 Å². The van der Waals surface area contributed by atoms with Gasteiger partial charge in [0.2, 0.25) is 5.91 Å². The molecule has 0 bridgehead atoms. The second-order valence-corrected chi connectivity index (χ2v) is 4.82. The lowest BCUT2D eigenvalue weighted by Gasteiger charge is -2.24. The molecule has 0 aliphatic heterocycles. The molecule has 0 aliphatic carbocycles. The Labute approximate surface area is 97.8 Å². The highest BCUT2D eigenvalue weighted by Crippen LogP contribution is 2.07. The van der Waals surface area contributed by atoms with Gasteiger partial charge in [-0.15, -0.1) is 0 Å². The molecule has 1 atom stereocenters. The van der Waals surface area contributed by atoms with Gasteiger partial charge in [0, 0.05) is 25.3 Å². The average molecular weight is 232 g/mol. The van der Waals surface area contributed by atoms with Crippen molar-refractivity contribution in [3.8, 4) is 0 Å². The number of carbonyl (C=O) groups excluding carboxylic acids is 1. The monoisotopic (exact) mass is 232 g/mol. The molecule has 2 N–H and O–H groups in total. The van der Waals surface area contributed by atoms with Gasteiger partial charge in [0.05, 0.1) is 0 Å². The summed E-state index contributed by atoms with van der Waals surface area (Å²) >= 11 is 1.78. The number of carbonyl (C=O) groups is 1. The van der Waals surface area contributed by atoms with E-state index in [0.717, 1.165) is 31.6 Å². The molecule has 0 saturated carbocycles. The Morgan fingerprint density at radius 1 is 1.40 bits per heavy atom. The normalized spacial score (nSPS) is 12.5. The Hall–Kier alpha value is -0.220. The minimum Gasteiger partial charge on any atom is -0.342 e. The van der Waals surface area contributed by atoms with Gasteiger partial charge in [-0.05, 0) is 32.6 Å². The fraction of sp³-hybridized carbons (Fsp3) is 0.909. The maximum atomic E-state index is 11.7. The third-order valence-electron chi connectivity index (χ3n) is 2.56. The molecule has 4 heteroatoms. The number of hydrogen-bond acceptors (Lipinski definition) is 3. The van der Waals surface area contributed by atoms with Gasteiger partial charge in [0.1, 0.15) is 0 Å². The molecular weight excluding hydrogens is 208 g/mol. The summed E-state index contributed by atoms with van der Waals surface area (Å²) in [6, 6.07) is 0.335. The van der Waals surface area contributed by atoms with Crippen LogP contribution in [0.25, 0.3) is 0 Å². The standard InChI is InChI=1S/C11H24N2OS/c1-10(9-15-3)13(2)11(14)7-5-4-6-8-12/h10H,4-9,12H2,1-3H3. The van der Waals surface area contributed by atoms with Crippen LogP contribution in [0.2, 0.25) is 0 Å². The first-order valence-corrected chi connectivity index (χ1v) is 6.97. The number of amides is 1. The number of nitrogens with two attached hydrogens (primary N) is 1. The predicted octanol–water partition coefficient (Wildman–Crippen LogP) is 1.72. The van der Waals surface area contributed by atoms with E-state index in [1.807, 2.05) is 11.9 Å². The largest absolute Gasteiger partial charge is 0.342 e. The van der Waals surface area contributed by atoms with Gasteiger partial charge in [0.25, 0.3) is 0 Å². The zero-order valence-corrected chi connectivity index (χ0v) is 11.0. The van der Waals surface area contributed by atoms with E-state index in [0.29, 0.717) is 12.5 Å². The lowest BCUT2D eigenvalue weighted by atomic mass is 10.1. The van der Waals surface area contributed by atoms with Crippen LogP contribution in [-0.2, 0) is 4.79 Å². The van der Waals surface area contributed by atoms with E-state index in [1.54, 1.807) is 11.8 Å². The summed E-state index contributed by atoms with van der Waals surface area (Å²) in [6.45, 7) is 2.82. The predicted molar refractivity (Wildman–Crippen MR) is 68.1 cm³/mol. The van der Waals surface area contributed by atoms with Gasteiger partial charge in [-0.1, -0.05) is 6.42 Å². The molecule has 0 spiro atoms. The van der Waals surface area contributed by atoms with Crippen LogP contribution in [0.3, 0.4) is 0 Å². The Balaban J connectivity index is 3.68. The highest BCUT2D eigenvalue weighted by atomic mass is 32.2. The van der Waals surface area contributed by atoms with Crippen LogP contribution in [0.5, 0.6) is 0 Å². The molecular formula is C11H24N2OS. The van der Waals surface area contributed by atoms with Crippen LogP contribution in [-0.4, -0.2) is 42.4 Å². The van der Waals surface area contributed by atoms with Crippen molar-refractivity contribution in [3.63, 3.8) is 0 Å². The van der Waals surface area contributed by atoms with Crippen molar-refractivity contribution in [2.24, 2.45) is 5.73 Å². The molecule has 0 heterocycles. The molecule has 15 heavy (non-hydrogen) atoms. The summed E-state index contributed by atoms with van der Waals surface area (Å²) < 4.78 is 0. The summed E-state index contributed by atoms with van der Waals surface area (Å²) in [7, 11) is 1.89. The molecule has 0 aromatic heterocycles. The summed E-state index contributed by atoms with van der Waals surface area (Å²) in [5.74, 6) is 1.26. The Morgan fingerprint density at radius 3 is 2.60 bits per heavy atom. The number of nitrogens with zero attached hydrogens (tertiary/aromatic N) is 1. The van der Waals surface area contributed by atoms with Gasteiger partial charge in [-0.25, -0.2) is 0 Å². The van der Waals surface area contributed by atoms with Crippen molar-refractivity contribution < 1.29 is 4.79 Å². The van der Waals surface area contributed by atoms with E-state index in [4.69, 9.17) is 5.73 Å². The maximum Gasteiger partial charge on any atom is 0.222 e. The van der Waals surface area contributed by atoms with E-state index in [-0.39, 0.29) is 5.91 Å². The van der Waals surface area contributed by atoms with Crippen LogP contribution < -0.4 is 5.73 Å². The Morgan fingerprint density at radius 2 is 2.07 bits per heavy atom. The first-order chi connectivity index (χ1) is 7.13. The molecule has 0 radical (unpaired) electrons. The minimum atomic E-state index is 0.258. The second-order valence-electron chi connectivity index (χ2n) is 3.91. The quantitative estimate of drug-likeness (QED) is 0.648. The fourth-order valence-corrected chi connectivity index (χ4v) is 2.08. The molecule has 0 aromatic rings. The summed E-state index contributed by atoms with van der Waals surface area (Å²) in [5, 5.41) is 0. The van der Waals surface area contributed by atoms with Crippen LogP contribution in [0, 0.1) is 0 Å².